The maximum absolute atomic E-state index is 13.2. The number of carbonyl (C=O) groups is 3. The molecule has 0 bridgehead atoms. The van der Waals surface area contributed by atoms with Crippen LogP contribution in [0.2, 0.25) is 0 Å². The largest absolute Gasteiger partial charge is 0.481 e. The Kier molecular flexibility index (Phi) is 4.89. The molecule has 3 N–H and O–H groups in total. The molecule has 0 aliphatic carbocycles. The molecular formula is C11H9FN2O7. The zero-order chi connectivity index (χ0) is 16.2. The highest BCUT2D eigenvalue weighted by atomic mass is 19.1. The average molecular weight is 300 g/mol. The second-order valence-corrected chi connectivity index (χ2v) is 3.92. The van der Waals surface area contributed by atoms with Crippen LogP contribution in [0, 0.1) is 15.9 Å². The van der Waals surface area contributed by atoms with Gasteiger partial charge in [0.1, 0.15) is 11.9 Å². The van der Waals surface area contributed by atoms with Gasteiger partial charge in [0.2, 0.25) is 0 Å². The Morgan fingerprint density at radius 3 is 2.38 bits per heavy atom. The number of carbonyl (C=O) groups excluding carboxylic acids is 1. The summed E-state index contributed by atoms with van der Waals surface area (Å²) in [5, 5.41) is 29.7. The molecular weight excluding hydrogens is 291 g/mol. The molecule has 1 rings (SSSR count). The maximum atomic E-state index is 13.2. The lowest BCUT2D eigenvalue weighted by Crippen LogP contribution is -2.42. The fraction of sp³-hybridized carbons (Fsp3) is 0.182. The monoisotopic (exact) mass is 300 g/mol. The van der Waals surface area contributed by atoms with Crippen molar-refractivity contribution in [2.75, 3.05) is 0 Å². The Hall–Kier alpha value is -3.04. The highest BCUT2D eigenvalue weighted by Crippen LogP contribution is 2.16. The number of rotatable bonds is 6. The van der Waals surface area contributed by atoms with Gasteiger partial charge in [0.05, 0.1) is 17.4 Å². The summed E-state index contributed by atoms with van der Waals surface area (Å²) >= 11 is 0. The number of nitrogens with one attached hydrogen (secondary N) is 1. The third kappa shape index (κ3) is 4.53. The normalized spacial score (nSPS) is 11.5. The second-order valence-electron chi connectivity index (χ2n) is 3.92. The summed E-state index contributed by atoms with van der Waals surface area (Å²) in [4.78, 5) is 42.6. The zero-order valence-electron chi connectivity index (χ0n) is 10.3. The van der Waals surface area contributed by atoms with Crippen LogP contribution in [0.4, 0.5) is 10.1 Å². The zero-order valence-corrected chi connectivity index (χ0v) is 10.3. The maximum Gasteiger partial charge on any atom is 0.326 e. The number of hydrogen-bond donors (Lipinski definition) is 3. The van der Waals surface area contributed by atoms with Crippen LogP contribution in [0.15, 0.2) is 18.2 Å². The van der Waals surface area contributed by atoms with Crippen LogP contribution < -0.4 is 5.32 Å². The van der Waals surface area contributed by atoms with E-state index in [1.165, 1.54) is 0 Å². The van der Waals surface area contributed by atoms with Crippen LogP contribution in [0.5, 0.6) is 0 Å². The van der Waals surface area contributed by atoms with Crippen molar-refractivity contribution >= 4 is 23.5 Å². The molecule has 1 amide bonds. The van der Waals surface area contributed by atoms with E-state index in [0.717, 1.165) is 6.07 Å². The topological polar surface area (TPSA) is 147 Å². The summed E-state index contributed by atoms with van der Waals surface area (Å²) in [5.74, 6) is -5.25. The van der Waals surface area contributed by atoms with Crippen molar-refractivity contribution in [3.63, 3.8) is 0 Å². The number of aliphatic carboxylic acids is 2. The number of nitrogens with zero attached hydrogens (tertiary/aromatic N) is 1. The minimum atomic E-state index is -1.74. The van der Waals surface area contributed by atoms with Gasteiger partial charge in [-0.3, -0.25) is 19.7 Å². The molecule has 0 unspecified atom stereocenters. The van der Waals surface area contributed by atoms with E-state index in [9.17, 15) is 28.9 Å². The summed E-state index contributed by atoms with van der Waals surface area (Å²) in [7, 11) is 0. The minimum absolute atomic E-state index is 0.488. The molecule has 1 aromatic carbocycles. The predicted molar refractivity (Wildman–Crippen MR) is 64.2 cm³/mol. The van der Waals surface area contributed by atoms with Crippen LogP contribution in [0.3, 0.4) is 0 Å². The Bertz CT molecular complexity index is 617. The van der Waals surface area contributed by atoms with E-state index in [0.29, 0.717) is 12.1 Å². The molecule has 0 aliphatic heterocycles. The van der Waals surface area contributed by atoms with E-state index >= 15 is 0 Å². The Morgan fingerprint density at radius 1 is 1.29 bits per heavy atom. The first-order valence-electron chi connectivity index (χ1n) is 5.41. The molecule has 10 heteroatoms. The summed E-state index contributed by atoms with van der Waals surface area (Å²) in [6, 6.07) is 0.264. The standard InChI is InChI=1S/C11H9FN2O7/c12-6-1-5(2-7(3-6)14(20)21)10(17)13-8(11(18)19)4-9(15)16/h1-3,8H,4H2,(H,13,17)(H,15,16)(H,18,19)/t8-/m0/s1. The fourth-order valence-electron chi connectivity index (χ4n) is 1.43. The van der Waals surface area contributed by atoms with Crippen LogP contribution in [0.25, 0.3) is 0 Å². The minimum Gasteiger partial charge on any atom is -0.481 e. The van der Waals surface area contributed by atoms with Gasteiger partial charge in [-0.25, -0.2) is 9.18 Å². The fourth-order valence-corrected chi connectivity index (χ4v) is 1.43. The first-order valence-corrected chi connectivity index (χ1v) is 5.41. The van der Waals surface area contributed by atoms with Gasteiger partial charge in [0.25, 0.3) is 11.6 Å². The van der Waals surface area contributed by atoms with Crippen molar-refractivity contribution in [3.8, 4) is 0 Å². The molecule has 0 heterocycles. The smallest absolute Gasteiger partial charge is 0.326 e. The van der Waals surface area contributed by atoms with E-state index in [4.69, 9.17) is 10.2 Å². The lowest BCUT2D eigenvalue weighted by molar-refractivity contribution is -0.385. The number of nitro groups is 1. The molecule has 112 valence electrons. The molecule has 0 radical (unpaired) electrons. The van der Waals surface area contributed by atoms with Crippen molar-refractivity contribution in [2.45, 2.75) is 12.5 Å². The van der Waals surface area contributed by atoms with Crippen molar-refractivity contribution in [1.82, 2.24) is 5.32 Å². The Labute approximate surface area is 116 Å². The summed E-state index contributed by atoms with van der Waals surface area (Å²) in [6.45, 7) is 0. The highest BCUT2D eigenvalue weighted by molar-refractivity contribution is 5.97. The number of carboxylic acids is 2. The molecule has 1 aromatic rings. The first kappa shape index (κ1) is 16.0. The van der Waals surface area contributed by atoms with Gasteiger partial charge in [0.15, 0.2) is 0 Å². The number of benzene rings is 1. The molecule has 9 nitrogen and oxygen atoms in total. The number of amides is 1. The van der Waals surface area contributed by atoms with Gasteiger partial charge in [-0.05, 0) is 6.07 Å². The molecule has 21 heavy (non-hydrogen) atoms. The van der Waals surface area contributed by atoms with Crippen LogP contribution >= 0.6 is 0 Å². The molecule has 0 spiro atoms. The number of carboxylic acid groups (broad SMARTS) is 2. The Morgan fingerprint density at radius 2 is 1.90 bits per heavy atom. The lowest BCUT2D eigenvalue weighted by Gasteiger charge is -2.12. The SMILES string of the molecule is O=C(O)C[C@H](NC(=O)c1cc(F)cc([N+](=O)[O-])c1)C(=O)O. The lowest BCUT2D eigenvalue weighted by atomic mass is 10.1. The van der Waals surface area contributed by atoms with Crippen molar-refractivity contribution in [2.24, 2.45) is 0 Å². The quantitative estimate of drug-likeness (QED) is 0.508. The molecule has 0 saturated heterocycles. The van der Waals surface area contributed by atoms with Gasteiger partial charge >= 0.3 is 11.9 Å². The molecule has 0 fully saturated rings. The van der Waals surface area contributed by atoms with E-state index in [1.54, 1.807) is 0 Å². The van der Waals surface area contributed by atoms with Crippen molar-refractivity contribution in [1.29, 1.82) is 0 Å². The predicted octanol–water partition coefficient (Wildman–Crippen LogP) is 0.392. The van der Waals surface area contributed by atoms with Crippen molar-refractivity contribution in [3.05, 3.63) is 39.7 Å². The third-order valence-electron chi connectivity index (χ3n) is 2.34. The summed E-state index contributed by atoms with van der Waals surface area (Å²) < 4.78 is 13.2. The van der Waals surface area contributed by atoms with E-state index in [2.05, 4.69) is 0 Å². The molecule has 0 saturated carbocycles. The summed E-state index contributed by atoms with van der Waals surface area (Å²) in [5.41, 5.74) is -1.18. The third-order valence-corrected chi connectivity index (χ3v) is 2.34. The number of hydrogen-bond acceptors (Lipinski definition) is 5. The first-order chi connectivity index (χ1) is 9.70. The highest BCUT2D eigenvalue weighted by Gasteiger charge is 2.24. The van der Waals surface area contributed by atoms with Gasteiger partial charge in [0, 0.05) is 11.6 Å². The van der Waals surface area contributed by atoms with Crippen LogP contribution in [0.1, 0.15) is 16.8 Å². The summed E-state index contributed by atoms with van der Waals surface area (Å²) in [6.07, 6.45) is -0.890. The van der Waals surface area contributed by atoms with Crippen LogP contribution in [-0.4, -0.2) is 39.0 Å². The Balaban J connectivity index is 2.99. The van der Waals surface area contributed by atoms with E-state index in [-0.39, 0.29) is 0 Å². The number of non-ortho nitro benzene ring substituents is 1. The van der Waals surface area contributed by atoms with Gasteiger partial charge < -0.3 is 15.5 Å². The second kappa shape index (κ2) is 6.41. The molecule has 0 aliphatic rings. The number of nitro benzene ring substituents is 1. The molecule has 1 atom stereocenters. The van der Waals surface area contributed by atoms with Gasteiger partial charge in [-0.2, -0.15) is 0 Å². The van der Waals surface area contributed by atoms with E-state index in [1.807, 2.05) is 5.32 Å². The van der Waals surface area contributed by atoms with Gasteiger partial charge in [-0.1, -0.05) is 0 Å². The van der Waals surface area contributed by atoms with Gasteiger partial charge in [-0.15, -0.1) is 0 Å². The van der Waals surface area contributed by atoms with E-state index < -0.39 is 52.3 Å². The number of halogens is 1. The molecule has 0 aromatic heterocycles. The van der Waals surface area contributed by atoms with Crippen molar-refractivity contribution < 1.29 is 33.9 Å². The van der Waals surface area contributed by atoms with Crippen LogP contribution in [-0.2, 0) is 9.59 Å². The average Bonchev–Trinajstić information content (AvgIpc) is 2.36.